The van der Waals surface area contributed by atoms with Gasteiger partial charge in [0, 0.05) is 26.2 Å². The van der Waals surface area contributed by atoms with Gasteiger partial charge in [-0.05, 0) is 42.4 Å². The number of hydrogen-bond acceptors (Lipinski definition) is 3. The summed E-state index contributed by atoms with van der Waals surface area (Å²) in [5.74, 6) is 0. The van der Waals surface area contributed by atoms with E-state index in [1.165, 1.54) is 25.1 Å². The molecule has 0 amide bonds. The van der Waals surface area contributed by atoms with Crippen LogP contribution >= 0.6 is 15.9 Å². The van der Waals surface area contributed by atoms with Gasteiger partial charge < -0.3 is 5.32 Å². The number of likely N-dealkylation sites (N-methyl/N-ethyl adjacent to an activating group) is 1. The molecule has 0 aromatic carbocycles. The molecule has 2 rings (SSSR count). The third kappa shape index (κ3) is 2.47. The van der Waals surface area contributed by atoms with Crippen LogP contribution in [0.1, 0.15) is 18.5 Å². The first-order valence-electron chi connectivity index (χ1n) is 5.77. The van der Waals surface area contributed by atoms with E-state index in [1.54, 1.807) is 0 Å². The van der Waals surface area contributed by atoms with Crippen molar-refractivity contribution in [2.45, 2.75) is 25.4 Å². The highest BCUT2D eigenvalue weighted by Crippen LogP contribution is 2.23. The summed E-state index contributed by atoms with van der Waals surface area (Å²) in [6.07, 6.45) is 4.48. The topological polar surface area (TPSA) is 33.1 Å². The Morgan fingerprint density at radius 3 is 3.06 bits per heavy atom. The summed E-state index contributed by atoms with van der Waals surface area (Å²) in [6, 6.07) is 0.673. The minimum absolute atomic E-state index is 0.673. The third-order valence-corrected chi connectivity index (χ3v) is 3.96. The predicted octanol–water partition coefficient (Wildman–Crippen LogP) is 1.37. The molecule has 2 heterocycles. The maximum absolute atomic E-state index is 4.26. The summed E-state index contributed by atoms with van der Waals surface area (Å²) in [7, 11) is 4.03. The van der Waals surface area contributed by atoms with Crippen LogP contribution in [0.2, 0.25) is 0 Å². The lowest BCUT2D eigenvalue weighted by atomic mass is 10.2. The zero-order chi connectivity index (χ0) is 11.5. The van der Waals surface area contributed by atoms with Crippen LogP contribution in [-0.4, -0.2) is 40.9 Å². The first-order chi connectivity index (χ1) is 7.72. The van der Waals surface area contributed by atoms with Gasteiger partial charge in [-0.25, -0.2) is 0 Å². The molecule has 1 saturated heterocycles. The maximum Gasteiger partial charge on any atom is 0.0663 e. The third-order valence-electron chi connectivity index (χ3n) is 3.30. The van der Waals surface area contributed by atoms with E-state index in [9.17, 15) is 0 Å². The van der Waals surface area contributed by atoms with Crippen molar-refractivity contribution in [3.63, 3.8) is 0 Å². The average Bonchev–Trinajstić information content (AvgIpc) is 2.81. The van der Waals surface area contributed by atoms with Gasteiger partial charge >= 0.3 is 0 Å². The van der Waals surface area contributed by atoms with Crippen molar-refractivity contribution in [3.05, 3.63) is 16.4 Å². The van der Waals surface area contributed by atoms with Gasteiger partial charge in [0.1, 0.15) is 0 Å². The Hall–Kier alpha value is -0.390. The van der Waals surface area contributed by atoms with E-state index in [0.717, 1.165) is 17.6 Å². The van der Waals surface area contributed by atoms with Crippen molar-refractivity contribution in [1.29, 1.82) is 0 Å². The molecule has 0 saturated carbocycles. The van der Waals surface area contributed by atoms with Gasteiger partial charge in [0.05, 0.1) is 16.4 Å². The van der Waals surface area contributed by atoms with Gasteiger partial charge in [-0.3, -0.25) is 9.58 Å². The Balaban J connectivity index is 2.03. The molecule has 0 aliphatic carbocycles. The summed E-state index contributed by atoms with van der Waals surface area (Å²) >= 11 is 3.56. The van der Waals surface area contributed by atoms with Crippen LogP contribution in [0, 0.1) is 0 Å². The van der Waals surface area contributed by atoms with Gasteiger partial charge in [0.15, 0.2) is 0 Å². The summed E-state index contributed by atoms with van der Waals surface area (Å²) in [6.45, 7) is 3.27. The molecule has 1 aromatic heterocycles. The summed E-state index contributed by atoms with van der Waals surface area (Å²) in [5.41, 5.74) is 1.27. The Kier molecular flexibility index (Phi) is 4.00. The molecule has 0 spiro atoms. The van der Waals surface area contributed by atoms with Crippen molar-refractivity contribution in [2.24, 2.45) is 7.05 Å². The molecule has 1 fully saturated rings. The number of likely N-dealkylation sites (tertiary alicyclic amines) is 1. The van der Waals surface area contributed by atoms with E-state index >= 15 is 0 Å². The van der Waals surface area contributed by atoms with Crippen LogP contribution in [0.5, 0.6) is 0 Å². The molecular weight excluding hydrogens is 268 g/mol. The van der Waals surface area contributed by atoms with Crippen LogP contribution in [-0.2, 0) is 13.6 Å². The van der Waals surface area contributed by atoms with Crippen LogP contribution < -0.4 is 5.32 Å². The van der Waals surface area contributed by atoms with Crippen LogP contribution in [0.15, 0.2) is 10.7 Å². The Morgan fingerprint density at radius 2 is 2.44 bits per heavy atom. The van der Waals surface area contributed by atoms with Gasteiger partial charge in [0.25, 0.3) is 0 Å². The molecule has 90 valence electrons. The van der Waals surface area contributed by atoms with Gasteiger partial charge in [-0.1, -0.05) is 0 Å². The summed E-state index contributed by atoms with van der Waals surface area (Å²) < 4.78 is 3.07. The number of hydrogen-bond donors (Lipinski definition) is 1. The molecule has 1 aliphatic heterocycles. The molecule has 16 heavy (non-hydrogen) atoms. The minimum Gasteiger partial charge on any atom is -0.318 e. The minimum atomic E-state index is 0.673. The highest BCUT2D eigenvalue weighted by atomic mass is 79.9. The van der Waals surface area contributed by atoms with E-state index in [1.807, 2.05) is 25.0 Å². The fourth-order valence-electron chi connectivity index (χ4n) is 2.38. The van der Waals surface area contributed by atoms with Crippen molar-refractivity contribution in [2.75, 3.05) is 20.1 Å². The van der Waals surface area contributed by atoms with Gasteiger partial charge in [-0.15, -0.1) is 0 Å². The first-order valence-corrected chi connectivity index (χ1v) is 6.56. The van der Waals surface area contributed by atoms with Crippen molar-refractivity contribution >= 4 is 15.9 Å². The molecule has 1 N–H and O–H groups in total. The number of aryl methyl sites for hydroxylation is 1. The molecule has 1 aromatic rings. The molecule has 5 heteroatoms. The average molecular weight is 287 g/mol. The fraction of sp³-hybridized carbons (Fsp3) is 0.727. The molecule has 0 radical (unpaired) electrons. The SMILES string of the molecule is CNCC1CCCN1Cc1c(Br)cnn1C. The molecular formula is C11H19BrN4. The largest absolute Gasteiger partial charge is 0.318 e. The Morgan fingerprint density at radius 1 is 1.62 bits per heavy atom. The van der Waals surface area contributed by atoms with Gasteiger partial charge in [0.2, 0.25) is 0 Å². The smallest absolute Gasteiger partial charge is 0.0663 e. The number of nitrogens with one attached hydrogen (secondary N) is 1. The standard InChI is InChI=1S/C11H19BrN4/c1-13-6-9-4-3-5-16(9)8-11-10(12)7-14-15(11)2/h7,9,13H,3-6,8H2,1-2H3. The van der Waals surface area contributed by atoms with Crippen LogP contribution in [0.4, 0.5) is 0 Å². The lowest BCUT2D eigenvalue weighted by molar-refractivity contribution is 0.236. The van der Waals surface area contributed by atoms with Crippen molar-refractivity contribution < 1.29 is 0 Å². The molecule has 1 unspecified atom stereocenters. The van der Waals surface area contributed by atoms with Crippen LogP contribution in [0.25, 0.3) is 0 Å². The number of halogens is 1. The normalized spacial score (nSPS) is 21.8. The zero-order valence-corrected chi connectivity index (χ0v) is 11.5. The number of nitrogens with zero attached hydrogens (tertiary/aromatic N) is 3. The second kappa shape index (κ2) is 5.29. The van der Waals surface area contributed by atoms with E-state index in [0.29, 0.717) is 6.04 Å². The lowest BCUT2D eigenvalue weighted by Gasteiger charge is -2.24. The summed E-state index contributed by atoms with van der Waals surface area (Å²) in [5, 5.41) is 7.53. The number of rotatable bonds is 4. The van der Waals surface area contributed by atoms with E-state index in [2.05, 4.69) is 31.2 Å². The second-order valence-electron chi connectivity index (χ2n) is 4.39. The monoisotopic (exact) mass is 286 g/mol. The van der Waals surface area contributed by atoms with Crippen molar-refractivity contribution in [3.8, 4) is 0 Å². The van der Waals surface area contributed by atoms with Gasteiger partial charge in [-0.2, -0.15) is 5.10 Å². The summed E-state index contributed by atoms with van der Waals surface area (Å²) in [4.78, 5) is 2.54. The first kappa shape index (κ1) is 12.1. The quantitative estimate of drug-likeness (QED) is 0.908. The van der Waals surface area contributed by atoms with Crippen molar-refractivity contribution in [1.82, 2.24) is 20.0 Å². The fourth-order valence-corrected chi connectivity index (χ4v) is 2.85. The highest BCUT2D eigenvalue weighted by molar-refractivity contribution is 9.10. The molecule has 1 aliphatic rings. The Bertz CT molecular complexity index is 330. The maximum atomic E-state index is 4.26. The van der Waals surface area contributed by atoms with Crippen LogP contribution in [0.3, 0.4) is 0 Å². The zero-order valence-electron chi connectivity index (χ0n) is 9.91. The van der Waals surface area contributed by atoms with E-state index < -0.39 is 0 Å². The molecule has 1 atom stereocenters. The predicted molar refractivity (Wildman–Crippen MR) is 68.3 cm³/mol. The van der Waals surface area contributed by atoms with E-state index in [-0.39, 0.29) is 0 Å². The Labute approximate surface area is 105 Å². The second-order valence-corrected chi connectivity index (χ2v) is 5.24. The lowest BCUT2D eigenvalue weighted by Crippen LogP contribution is -2.36. The number of aromatic nitrogens is 2. The van der Waals surface area contributed by atoms with E-state index in [4.69, 9.17) is 0 Å². The highest BCUT2D eigenvalue weighted by Gasteiger charge is 2.25. The molecule has 4 nitrogen and oxygen atoms in total. The molecule has 0 bridgehead atoms.